The lowest BCUT2D eigenvalue weighted by Gasteiger charge is -2.09. The SMILES string of the molecule is COC(=O)Nc1ccc2c(cnn2CC(=O)COc2ccc(Oc3ccccc3)cc2)c1. The standard InChI is InChI=1S/C24H21N3O5/c1-30-24(29)26-18-7-12-23-17(13-18)14-25-27(23)15-19(28)16-31-20-8-10-22(11-9-20)32-21-5-3-2-4-6-21/h2-14H,15-16H2,1H3,(H,26,29). The molecule has 1 amide bonds. The predicted molar refractivity (Wildman–Crippen MR) is 119 cm³/mol. The first kappa shape index (κ1) is 20.9. The Morgan fingerprint density at radius 3 is 2.41 bits per heavy atom. The summed E-state index contributed by atoms with van der Waals surface area (Å²) in [5.41, 5.74) is 1.36. The molecule has 0 aliphatic carbocycles. The molecule has 162 valence electrons. The van der Waals surface area contributed by atoms with Gasteiger partial charge in [0.25, 0.3) is 0 Å². The zero-order valence-corrected chi connectivity index (χ0v) is 17.4. The Bertz CT molecular complexity index is 1220. The largest absolute Gasteiger partial charge is 0.486 e. The number of carbonyl (C=O) groups excluding carboxylic acids is 2. The van der Waals surface area contributed by atoms with E-state index in [1.807, 2.05) is 30.3 Å². The van der Waals surface area contributed by atoms with Crippen LogP contribution in [-0.2, 0) is 16.1 Å². The van der Waals surface area contributed by atoms with E-state index in [9.17, 15) is 9.59 Å². The molecule has 0 saturated carbocycles. The van der Waals surface area contributed by atoms with E-state index in [2.05, 4.69) is 15.2 Å². The second-order valence-electron chi connectivity index (χ2n) is 6.91. The van der Waals surface area contributed by atoms with Crippen LogP contribution in [0, 0.1) is 0 Å². The van der Waals surface area contributed by atoms with Crippen molar-refractivity contribution in [1.82, 2.24) is 9.78 Å². The molecule has 8 nitrogen and oxygen atoms in total. The number of ether oxygens (including phenoxy) is 3. The van der Waals surface area contributed by atoms with Crippen LogP contribution in [-0.4, -0.2) is 35.4 Å². The van der Waals surface area contributed by atoms with Crippen molar-refractivity contribution in [3.8, 4) is 17.2 Å². The van der Waals surface area contributed by atoms with Gasteiger partial charge in [0.2, 0.25) is 0 Å². The van der Waals surface area contributed by atoms with Gasteiger partial charge in [-0.2, -0.15) is 5.10 Å². The van der Waals surface area contributed by atoms with E-state index in [0.717, 1.165) is 16.7 Å². The molecule has 0 atom stereocenters. The smallest absolute Gasteiger partial charge is 0.411 e. The number of carbonyl (C=O) groups is 2. The lowest BCUT2D eigenvalue weighted by Crippen LogP contribution is -2.18. The van der Waals surface area contributed by atoms with E-state index in [-0.39, 0.29) is 18.9 Å². The van der Waals surface area contributed by atoms with Gasteiger partial charge in [-0.3, -0.25) is 14.8 Å². The maximum atomic E-state index is 12.4. The van der Waals surface area contributed by atoms with Gasteiger partial charge in [-0.15, -0.1) is 0 Å². The third kappa shape index (κ3) is 5.23. The molecule has 1 N–H and O–H groups in total. The highest BCUT2D eigenvalue weighted by atomic mass is 16.5. The third-order valence-electron chi connectivity index (χ3n) is 4.60. The van der Waals surface area contributed by atoms with E-state index >= 15 is 0 Å². The van der Waals surface area contributed by atoms with Crippen LogP contribution in [0.1, 0.15) is 0 Å². The summed E-state index contributed by atoms with van der Waals surface area (Å²) >= 11 is 0. The number of ketones is 1. The molecule has 0 aliphatic rings. The molecule has 0 fully saturated rings. The fourth-order valence-corrected chi connectivity index (χ4v) is 3.06. The molecular formula is C24H21N3O5. The molecule has 8 heteroatoms. The summed E-state index contributed by atoms with van der Waals surface area (Å²) in [4.78, 5) is 23.7. The molecule has 4 rings (SSSR count). The quantitative estimate of drug-likeness (QED) is 0.436. The number of hydrogen-bond donors (Lipinski definition) is 1. The second kappa shape index (κ2) is 9.65. The fourth-order valence-electron chi connectivity index (χ4n) is 3.06. The average Bonchev–Trinajstić information content (AvgIpc) is 3.21. The number of nitrogens with zero attached hydrogens (tertiary/aromatic N) is 2. The molecule has 0 bridgehead atoms. The fraction of sp³-hybridized carbons (Fsp3) is 0.125. The van der Waals surface area contributed by atoms with Gasteiger partial charge in [-0.25, -0.2) is 4.79 Å². The van der Waals surface area contributed by atoms with Gasteiger partial charge in [0.1, 0.15) is 30.4 Å². The van der Waals surface area contributed by atoms with Gasteiger partial charge in [0, 0.05) is 11.1 Å². The number of para-hydroxylation sites is 1. The van der Waals surface area contributed by atoms with Crippen LogP contribution in [0.4, 0.5) is 10.5 Å². The van der Waals surface area contributed by atoms with Crippen molar-refractivity contribution < 1.29 is 23.8 Å². The predicted octanol–water partition coefficient (Wildman–Crippen LogP) is 4.66. The Hall–Kier alpha value is -4.33. The van der Waals surface area contributed by atoms with Gasteiger partial charge >= 0.3 is 6.09 Å². The first-order chi connectivity index (χ1) is 15.6. The van der Waals surface area contributed by atoms with Crippen molar-refractivity contribution in [2.24, 2.45) is 0 Å². The van der Waals surface area contributed by atoms with E-state index in [1.54, 1.807) is 53.3 Å². The summed E-state index contributed by atoms with van der Waals surface area (Å²) in [6, 6.07) is 21.8. The molecule has 1 aromatic heterocycles. The highest BCUT2D eigenvalue weighted by Crippen LogP contribution is 2.23. The zero-order valence-electron chi connectivity index (χ0n) is 17.4. The number of anilines is 1. The molecular weight excluding hydrogens is 410 g/mol. The molecule has 0 aliphatic heterocycles. The maximum absolute atomic E-state index is 12.4. The lowest BCUT2D eigenvalue weighted by atomic mass is 10.2. The number of benzene rings is 3. The summed E-state index contributed by atoms with van der Waals surface area (Å²) in [7, 11) is 1.30. The number of aromatic nitrogens is 2. The summed E-state index contributed by atoms with van der Waals surface area (Å²) in [5.74, 6) is 1.87. The lowest BCUT2D eigenvalue weighted by molar-refractivity contribution is -0.121. The summed E-state index contributed by atoms with van der Waals surface area (Å²) < 4.78 is 17.5. The highest BCUT2D eigenvalue weighted by Gasteiger charge is 2.10. The molecule has 0 saturated heterocycles. The minimum Gasteiger partial charge on any atom is -0.486 e. The number of nitrogens with one attached hydrogen (secondary N) is 1. The molecule has 4 aromatic rings. The van der Waals surface area contributed by atoms with E-state index < -0.39 is 6.09 Å². The molecule has 32 heavy (non-hydrogen) atoms. The van der Waals surface area contributed by atoms with Crippen molar-refractivity contribution in [3.05, 3.63) is 79.0 Å². The highest BCUT2D eigenvalue weighted by molar-refractivity contribution is 5.90. The van der Waals surface area contributed by atoms with Crippen LogP contribution in [0.5, 0.6) is 17.2 Å². The minimum atomic E-state index is -0.552. The third-order valence-corrected chi connectivity index (χ3v) is 4.60. The summed E-state index contributed by atoms with van der Waals surface area (Å²) in [6.07, 6.45) is 1.08. The normalized spacial score (nSPS) is 10.5. The van der Waals surface area contributed by atoms with Crippen LogP contribution in [0.3, 0.4) is 0 Å². The van der Waals surface area contributed by atoms with Gasteiger partial charge in [0.05, 0.1) is 18.8 Å². The summed E-state index contributed by atoms with van der Waals surface area (Å²) in [6.45, 7) is -0.00923. The van der Waals surface area contributed by atoms with Crippen molar-refractivity contribution in [2.45, 2.75) is 6.54 Å². The van der Waals surface area contributed by atoms with Crippen molar-refractivity contribution >= 4 is 28.5 Å². The van der Waals surface area contributed by atoms with Crippen molar-refractivity contribution in [1.29, 1.82) is 0 Å². The zero-order chi connectivity index (χ0) is 22.3. The van der Waals surface area contributed by atoms with Gasteiger partial charge in [0.15, 0.2) is 5.78 Å². The van der Waals surface area contributed by atoms with E-state index in [4.69, 9.17) is 9.47 Å². The number of Topliss-reactive ketones (excluding diaryl/α,β-unsaturated/α-hetero) is 1. The Morgan fingerprint density at radius 2 is 1.66 bits per heavy atom. The van der Waals surface area contributed by atoms with Crippen molar-refractivity contribution in [3.63, 3.8) is 0 Å². The van der Waals surface area contributed by atoms with Gasteiger partial charge < -0.3 is 14.2 Å². The molecule has 0 radical (unpaired) electrons. The van der Waals surface area contributed by atoms with Crippen molar-refractivity contribution in [2.75, 3.05) is 19.0 Å². The molecule has 1 heterocycles. The Kier molecular flexibility index (Phi) is 6.31. The molecule has 3 aromatic carbocycles. The monoisotopic (exact) mass is 431 g/mol. The average molecular weight is 431 g/mol. The Balaban J connectivity index is 1.32. The van der Waals surface area contributed by atoms with E-state index in [0.29, 0.717) is 17.2 Å². The Morgan fingerprint density at radius 1 is 0.938 bits per heavy atom. The number of hydrogen-bond acceptors (Lipinski definition) is 6. The number of fused-ring (bicyclic) bond motifs is 1. The first-order valence-electron chi connectivity index (χ1n) is 9.89. The number of rotatable bonds is 8. The van der Waals surface area contributed by atoms with Crippen LogP contribution >= 0.6 is 0 Å². The van der Waals surface area contributed by atoms with Crippen LogP contribution in [0.15, 0.2) is 79.0 Å². The van der Waals surface area contributed by atoms with Crippen LogP contribution in [0.25, 0.3) is 10.9 Å². The second-order valence-corrected chi connectivity index (χ2v) is 6.91. The molecule has 0 spiro atoms. The van der Waals surface area contributed by atoms with Crippen LogP contribution < -0.4 is 14.8 Å². The number of amides is 1. The van der Waals surface area contributed by atoms with E-state index in [1.165, 1.54) is 7.11 Å². The van der Waals surface area contributed by atoms with Crippen LogP contribution in [0.2, 0.25) is 0 Å². The minimum absolute atomic E-state index is 0.0719. The topological polar surface area (TPSA) is 91.7 Å². The Labute approximate surface area is 184 Å². The number of methoxy groups -OCH3 is 1. The maximum Gasteiger partial charge on any atom is 0.411 e. The first-order valence-corrected chi connectivity index (χ1v) is 9.89. The van der Waals surface area contributed by atoms with Gasteiger partial charge in [-0.05, 0) is 54.6 Å². The summed E-state index contributed by atoms with van der Waals surface area (Å²) in [5, 5.41) is 7.65. The molecule has 0 unspecified atom stereocenters. The van der Waals surface area contributed by atoms with Gasteiger partial charge in [-0.1, -0.05) is 18.2 Å².